The van der Waals surface area contributed by atoms with E-state index in [0.717, 1.165) is 23.8 Å². The number of rotatable bonds is 5. The third kappa shape index (κ3) is 3.79. The average Bonchev–Trinajstić information content (AvgIpc) is 2.47. The van der Waals surface area contributed by atoms with E-state index in [9.17, 15) is 10.1 Å². The molecule has 0 radical (unpaired) electrons. The molecule has 0 amide bonds. The number of nitro groups is 1. The first-order chi connectivity index (χ1) is 9.62. The van der Waals surface area contributed by atoms with Gasteiger partial charge in [0.05, 0.1) is 18.1 Å². The average molecular weight is 296 g/mol. The number of nitro benzene ring substituents is 1. The molecule has 0 aliphatic heterocycles. The molecule has 0 saturated heterocycles. The maximum absolute atomic E-state index is 10.9. The zero-order valence-corrected chi connectivity index (χ0v) is 12.6. The molecule has 1 N–H and O–H groups in total. The van der Waals surface area contributed by atoms with Crippen LogP contribution in [0.25, 0.3) is 0 Å². The van der Waals surface area contributed by atoms with Crippen molar-refractivity contribution in [1.82, 2.24) is 0 Å². The van der Waals surface area contributed by atoms with Gasteiger partial charge < -0.3 is 10.1 Å². The molecule has 20 heavy (non-hydrogen) atoms. The fraction of sp³-hybridized carbons (Fsp3) is 0.571. The second-order valence-electron chi connectivity index (χ2n) is 5.03. The van der Waals surface area contributed by atoms with Crippen LogP contribution in [0.3, 0.4) is 0 Å². The summed E-state index contributed by atoms with van der Waals surface area (Å²) in [6.07, 6.45) is 6.77. The van der Waals surface area contributed by atoms with Crippen molar-refractivity contribution in [3.05, 3.63) is 28.3 Å². The fourth-order valence-corrected chi connectivity index (χ4v) is 3.31. The Kier molecular flexibility index (Phi) is 5.11. The van der Waals surface area contributed by atoms with Crippen LogP contribution in [-0.2, 0) is 0 Å². The molecule has 1 aromatic rings. The van der Waals surface area contributed by atoms with Gasteiger partial charge >= 0.3 is 0 Å². The Morgan fingerprint density at radius 1 is 1.30 bits per heavy atom. The molecule has 0 aromatic heterocycles. The lowest BCUT2D eigenvalue weighted by atomic mass is 9.95. The van der Waals surface area contributed by atoms with Gasteiger partial charge in [0.25, 0.3) is 5.69 Å². The molecule has 0 bridgehead atoms. The molecule has 0 spiro atoms. The predicted octanol–water partition coefficient (Wildman–Crippen LogP) is 3.69. The Bertz CT molecular complexity index is 473. The van der Waals surface area contributed by atoms with Gasteiger partial charge in [-0.1, -0.05) is 0 Å². The SMILES string of the molecule is COc1cc(NC2CCC(SC)CC2)cc([N+](=O)[O-])c1. The Morgan fingerprint density at radius 2 is 2.00 bits per heavy atom. The number of ether oxygens (including phenoxy) is 1. The van der Waals surface area contributed by atoms with Gasteiger partial charge in [0, 0.05) is 29.1 Å². The predicted molar refractivity (Wildman–Crippen MR) is 82.8 cm³/mol. The van der Waals surface area contributed by atoms with Crippen LogP contribution in [0.15, 0.2) is 18.2 Å². The van der Waals surface area contributed by atoms with Crippen molar-refractivity contribution in [2.75, 3.05) is 18.7 Å². The molecule has 1 aliphatic rings. The van der Waals surface area contributed by atoms with Crippen LogP contribution in [0, 0.1) is 10.1 Å². The van der Waals surface area contributed by atoms with Gasteiger partial charge in [-0.3, -0.25) is 10.1 Å². The summed E-state index contributed by atoms with van der Waals surface area (Å²) in [5, 5.41) is 15.1. The number of methoxy groups -OCH3 is 1. The molecule has 1 aromatic carbocycles. The number of anilines is 1. The van der Waals surface area contributed by atoms with E-state index < -0.39 is 4.92 Å². The van der Waals surface area contributed by atoms with Crippen LogP contribution in [0.1, 0.15) is 25.7 Å². The molecule has 1 fully saturated rings. The van der Waals surface area contributed by atoms with Crippen LogP contribution >= 0.6 is 11.8 Å². The highest BCUT2D eigenvalue weighted by Crippen LogP contribution is 2.31. The van der Waals surface area contributed by atoms with Gasteiger partial charge in [0.2, 0.25) is 0 Å². The van der Waals surface area contributed by atoms with E-state index in [1.54, 1.807) is 6.07 Å². The first-order valence-electron chi connectivity index (χ1n) is 6.75. The molecule has 0 unspecified atom stereocenters. The van der Waals surface area contributed by atoms with Crippen LogP contribution in [0.4, 0.5) is 11.4 Å². The van der Waals surface area contributed by atoms with E-state index in [4.69, 9.17) is 4.74 Å². The molecular formula is C14H20N2O3S. The molecule has 0 atom stereocenters. The minimum absolute atomic E-state index is 0.0599. The number of benzene rings is 1. The maximum atomic E-state index is 10.9. The summed E-state index contributed by atoms with van der Waals surface area (Å²) in [6, 6.07) is 5.22. The second-order valence-corrected chi connectivity index (χ2v) is 6.17. The molecule has 0 heterocycles. The van der Waals surface area contributed by atoms with Gasteiger partial charge in [-0.2, -0.15) is 11.8 Å². The van der Waals surface area contributed by atoms with Gasteiger partial charge in [0.1, 0.15) is 5.75 Å². The van der Waals surface area contributed by atoms with E-state index in [2.05, 4.69) is 11.6 Å². The third-order valence-electron chi connectivity index (χ3n) is 3.72. The molecule has 2 rings (SSSR count). The topological polar surface area (TPSA) is 64.4 Å². The molecular weight excluding hydrogens is 276 g/mol. The van der Waals surface area contributed by atoms with Gasteiger partial charge in [-0.05, 0) is 31.9 Å². The lowest BCUT2D eigenvalue weighted by molar-refractivity contribution is -0.384. The van der Waals surface area contributed by atoms with Crippen LogP contribution in [0.5, 0.6) is 5.75 Å². The Balaban J connectivity index is 2.05. The third-order valence-corrected chi connectivity index (χ3v) is 4.85. The Labute approximate surface area is 123 Å². The summed E-state index contributed by atoms with van der Waals surface area (Å²) in [5.41, 5.74) is 0.827. The summed E-state index contributed by atoms with van der Waals surface area (Å²) in [6.45, 7) is 0. The fourth-order valence-electron chi connectivity index (χ4n) is 2.57. The number of non-ortho nitro benzene ring substituents is 1. The van der Waals surface area contributed by atoms with Crippen molar-refractivity contribution in [3.63, 3.8) is 0 Å². The van der Waals surface area contributed by atoms with Crippen molar-refractivity contribution in [2.24, 2.45) is 0 Å². The molecule has 5 nitrogen and oxygen atoms in total. The number of hydrogen-bond acceptors (Lipinski definition) is 5. The second kappa shape index (κ2) is 6.83. The van der Waals surface area contributed by atoms with Crippen molar-refractivity contribution in [3.8, 4) is 5.75 Å². The Morgan fingerprint density at radius 3 is 2.55 bits per heavy atom. The minimum Gasteiger partial charge on any atom is -0.496 e. The van der Waals surface area contributed by atoms with Crippen LogP contribution in [0.2, 0.25) is 0 Å². The summed E-state index contributed by atoms with van der Waals surface area (Å²) < 4.78 is 5.12. The standard InChI is InChI=1S/C14H20N2O3S/c1-19-13-8-11(7-12(9-13)16(17)18)15-10-3-5-14(20-2)6-4-10/h7-10,14-15H,3-6H2,1-2H3. The van der Waals surface area contributed by atoms with Crippen molar-refractivity contribution in [2.45, 2.75) is 37.0 Å². The van der Waals surface area contributed by atoms with E-state index >= 15 is 0 Å². The zero-order valence-electron chi connectivity index (χ0n) is 11.8. The normalized spacial score (nSPS) is 22.3. The van der Waals surface area contributed by atoms with Gasteiger partial charge in [-0.15, -0.1) is 0 Å². The van der Waals surface area contributed by atoms with Crippen LogP contribution in [-0.4, -0.2) is 29.6 Å². The molecule has 1 aliphatic carbocycles. The quantitative estimate of drug-likeness (QED) is 0.663. The lowest BCUT2D eigenvalue weighted by Gasteiger charge is -2.28. The number of nitrogens with zero attached hydrogens (tertiary/aromatic N) is 1. The largest absolute Gasteiger partial charge is 0.496 e. The van der Waals surface area contributed by atoms with E-state index in [0.29, 0.717) is 11.8 Å². The number of hydrogen-bond donors (Lipinski definition) is 1. The van der Waals surface area contributed by atoms with E-state index in [1.807, 2.05) is 17.8 Å². The van der Waals surface area contributed by atoms with E-state index in [1.165, 1.54) is 26.0 Å². The lowest BCUT2D eigenvalue weighted by Crippen LogP contribution is -2.27. The minimum atomic E-state index is -0.391. The van der Waals surface area contributed by atoms with Crippen molar-refractivity contribution >= 4 is 23.1 Å². The highest BCUT2D eigenvalue weighted by molar-refractivity contribution is 7.99. The zero-order chi connectivity index (χ0) is 14.5. The van der Waals surface area contributed by atoms with Gasteiger partial charge in [0.15, 0.2) is 0 Å². The van der Waals surface area contributed by atoms with Gasteiger partial charge in [-0.25, -0.2) is 0 Å². The summed E-state index contributed by atoms with van der Waals surface area (Å²) in [7, 11) is 1.52. The summed E-state index contributed by atoms with van der Waals surface area (Å²) in [4.78, 5) is 10.5. The van der Waals surface area contributed by atoms with E-state index in [-0.39, 0.29) is 5.69 Å². The number of thioether (sulfide) groups is 1. The summed E-state index contributed by atoms with van der Waals surface area (Å²) in [5.74, 6) is 0.513. The highest BCUT2D eigenvalue weighted by atomic mass is 32.2. The molecule has 110 valence electrons. The Hall–Kier alpha value is -1.43. The van der Waals surface area contributed by atoms with Crippen molar-refractivity contribution < 1.29 is 9.66 Å². The highest BCUT2D eigenvalue weighted by Gasteiger charge is 2.21. The maximum Gasteiger partial charge on any atom is 0.275 e. The summed E-state index contributed by atoms with van der Waals surface area (Å²) >= 11 is 1.93. The molecule has 1 saturated carbocycles. The first-order valence-corrected chi connectivity index (χ1v) is 8.04. The van der Waals surface area contributed by atoms with Crippen molar-refractivity contribution in [1.29, 1.82) is 0 Å². The van der Waals surface area contributed by atoms with Crippen LogP contribution < -0.4 is 10.1 Å². The smallest absolute Gasteiger partial charge is 0.275 e. The number of nitrogens with one attached hydrogen (secondary N) is 1. The first kappa shape index (κ1) is 15.0. The monoisotopic (exact) mass is 296 g/mol. The molecule has 6 heteroatoms.